The third-order valence-electron chi connectivity index (χ3n) is 2.57. The zero-order chi connectivity index (χ0) is 14.8. The van der Waals surface area contributed by atoms with Gasteiger partial charge in [-0.15, -0.1) is 0 Å². The number of nitrogens with zero attached hydrogens (tertiary/aromatic N) is 2. The third-order valence-corrected chi connectivity index (χ3v) is 4.39. The van der Waals surface area contributed by atoms with E-state index < -0.39 is 16.1 Å². The van der Waals surface area contributed by atoms with E-state index in [-0.39, 0.29) is 23.3 Å². The van der Waals surface area contributed by atoms with Gasteiger partial charge < -0.3 is 9.84 Å². The van der Waals surface area contributed by atoms with Crippen molar-refractivity contribution < 1.29 is 18.3 Å². The highest BCUT2D eigenvalue weighted by atomic mass is 35.5. The molecule has 0 radical (unpaired) electrons. The van der Waals surface area contributed by atoms with Crippen molar-refractivity contribution in [3.8, 4) is 0 Å². The van der Waals surface area contributed by atoms with E-state index in [2.05, 4.69) is 9.71 Å². The number of methoxy groups -OCH3 is 1. The van der Waals surface area contributed by atoms with Crippen LogP contribution in [0.5, 0.6) is 0 Å². The predicted octanol–water partition coefficient (Wildman–Crippen LogP) is 0.273. The van der Waals surface area contributed by atoms with Crippen molar-refractivity contribution in [1.29, 1.82) is 0 Å². The number of imidazole rings is 1. The molecule has 20 heavy (non-hydrogen) atoms. The van der Waals surface area contributed by atoms with Crippen molar-refractivity contribution in [2.45, 2.75) is 11.1 Å². The smallest absolute Gasteiger partial charge is 0.259 e. The highest BCUT2D eigenvalue weighted by Gasteiger charge is 2.24. The van der Waals surface area contributed by atoms with Gasteiger partial charge in [0.2, 0.25) is 0 Å². The maximum Gasteiger partial charge on any atom is 0.259 e. The lowest BCUT2D eigenvalue weighted by Crippen LogP contribution is -2.35. The third kappa shape index (κ3) is 3.10. The molecule has 2 aromatic rings. The second-order valence-corrected chi connectivity index (χ2v) is 6.14. The fraction of sp³-hybridized carbons (Fsp3) is 0.364. The molecule has 1 atom stereocenters. The van der Waals surface area contributed by atoms with Crippen LogP contribution in [-0.2, 0) is 14.8 Å². The average Bonchev–Trinajstić information content (AvgIpc) is 2.73. The number of hydrogen-bond acceptors (Lipinski definition) is 5. The highest BCUT2D eigenvalue weighted by Crippen LogP contribution is 2.22. The molecule has 2 N–H and O–H groups in total. The Morgan fingerprint density at radius 3 is 3.00 bits per heavy atom. The summed E-state index contributed by atoms with van der Waals surface area (Å²) >= 11 is 5.89. The van der Waals surface area contributed by atoms with Crippen molar-refractivity contribution in [2.75, 3.05) is 20.3 Å². The van der Waals surface area contributed by atoms with Crippen molar-refractivity contribution >= 4 is 27.3 Å². The van der Waals surface area contributed by atoms with Gasteiger partial charge in [0.1, 0.15) is 5.65 Å². The molecule has 0 amide bonds. The maximum atomic E-state index is 12.2. The number of sulfonamides is 1. The molecular weight excluding hydrogens is 306 g/mol. The zero-order valence-electron chi connectivity index (χ0n) is 10.7. The first-order valence-electron chi connectivity index (χ1n) is 5.75. The Morgan fingerprint density at radius 2 is 2.30 bits per heavy atom. The second kappa shape index (κ2) is 6.06. The van der Waals surface area contributed by atoms with Crippen molar-refractivity contribution in [1.82, 2.24) is 14.1 Å². The summed E-state index contributed by atoms with van der Waals surface area (Å²) in [6, 6.07) is 5.04. The molecule has 2 aromatic heterocycles. The second-order valence-electron chi connectivity index (χ2n) is 4.10. The van der Waals surface area contributed by atoms with E-state index in [0.717, 1.165) is 0 Å². The van der Waals surface area contributed by atoms with Crippen LogP contribution in [0.25, 0.3) is 5.65 Å². The zero-order valence-corrected chi connectivity index (χ0v) is 12.2. The Morgan fingerprint density at radius 1 is 1.55 bits per heavy atom. The van der Waals surface area contributed by atoms with E-state index in [4.69, 9.17) is 16.3 Å². The van der Waals surface area contributed by atoms with Gasteiger partial charge in [0.15, 0.2) is 10.2 Å². The molecule has 0 aliphatic heterocycles. The summed E-state index contributed by atoms with van der Waals surface area (Å²) in [5.41, 5.74) is 0.426. The Bertz CT molecular complexity index is 701. The lowest BCUT2D eigenvalue weighted by Gasteiger charge is -2.11. The summed E-state index contributed by atoms with van der Waals surface area (Å²) in [4.78, 5) is 3.96. The van der Waals surface area contributed by atoms with Crippen LogP contribution in [0.3, 0.4) is 0 Å². The molecule has 0 saturated heterocycles. The van der Waals surface area contributed by atoms with Crippen molar-refractivity contribution in [2.24, 2.45) is 0 Å². The minimum atomic E-state index is -3.88. The van der Waals surface area contributed by atoms with Gasteiger partial charge in [0.25, 0.3) is 10.0 Å². The molecule has 0 spiro atoms. The Kier molecular flexibility index (Phi) is 4.61. The molecule has 0 aliphatic carbocycles. The summed E-state index contributed by atoms with van der Waals surface area (Å²) < 4.78 is 32.8. The lowest BCUT2D eigenvalue weighted by molar-refractivity contribution is 0.0679. The molecular formula is C11H14ClN3O4S. The van der Waals surface area contributed by atoms with Gasteiger partial charge in [0.05, 0.1) is 12.7 Å². The van der Waals surface area contributed by atoms with Gasteiger partial charge in [-0.2, -0.15) is 0 Å². The summed E-state index contributed by atoms with van der Waals surface area (Å²) in [6.07, 6.45) is 0.613. The highest BCUT2D eigenvalue weighted by molar-refractivity contribution is 7.89. The predicted molar refractivity (Wildman–Crippen MR) is 73.3 cm³/mol. The molecule has 0 aromatic carbocycles. The number of pyridine rings is 1. The number of halogens is 1. The van der Waals surface area contributed by atoms with Crippen LogP contribution in [-0.4, -0.2) is 49.3 Å². The van der Waals surface area contributed by atoms with Crippen LogP contribution in [0, 0.1) is 0 Å². The number of aliphatic hydroxyl groups is 1. The number of nitrogens with one attached hydrogen (secondary N) is 1. The topological polar surface area (TPSA) is 92.9 Å². The van der Waals surface area contributed by atoms with Crippen LogP contribution in [0.4, 0.5) is 0 Å². The van der Waals surface area contributed by atoms with Gasteiger partial charge in [-0.1, -0.05) is 17.7 Å². The SMILES string of the molecule is COCC(O)CNS(=O)(=O)c1c(Cl)nc2ccccn12. The van der Waals surface area contributed by atoms with E-state index in [0.29, 0.717) is 5.65 Å². The van der Waals surface area contributed by atoms with E-state index in [1.807, 2.05) is 0 Å². The first kappa shape index (κ1) is 15.2. The maximum absolute atomic E-state index is 12.2. The molecule has 0 bridgehead atoms. The molecule has 0 fully saturated rings. The number of aliphatic hydroxyl groups excluding tert-OH is 1. The minimum absolute atomic E-state index is 0.0312. The fourth-order valence-electron chi connectivity index (χ4n) is 1.71. The van der Waals surface area contributed by atoms with E-state index in [9.17, 15) is 13.5 Å². The summed E-state index contributed by atoms with van der Waals surface area (Å²) in [7, 11) is -2.47. The molecule has 0 saturated carbocycles. The Balaban J connectivity index is 2.30. The van der Waals surface area contributed by atoms with Crippen LogP contribution < -0.4 is 4.72 Å². The average molecular weight is 320 g/mol. The first-order chi connectivity index (χ1) is 9.45. The van der Waals surface area contributed by atoms with E-state index >= 15 is 0 Å². The molecule has 110 valence electrons. The van der Waals surface area contributed by atoms with Gasteiger partial charge in [-0.05, 0) is 12.1 Å². The van der Waals surface area contributed by atoms with Crippen LogP contribution in [0.2, 0.25) is 5.15 Å². The molecule has 1 unspecified atom stereocenters. The number of ether oxygens (including phenoxy) is 1. The minimum Gasteiger partial charge on any atom is -0.389 e. The quantitative estimate of drug-likeness (QED) is 0.797. The van der Waals surface area contributed by atoms with Crippen LogP contribution in [0.15, 0.2) is 29.4 Å². The fourth-order valence-corrected chi connectivity index (χ4v) is 3.42. The van der Waals surface area contributed by atoms with Crippen LogP contribution in [0.1, 0.15) is 0 Å². The number of fused-ring (bicyclic) bond motifs is 1. The Hall–Kier alpha value is -1.19. The molecule has 7 nitrogen and oxygen atoms in total. The van der Waals surface area contributed by atoms with Crippen molar-refractivity contribution in [3.63, 3.8) is 0 Å². The lowest BCUT2D eigenvalue weighted by atomic mass is 10.4. The van der Waals surface area contributed by atoms with Gasteiger partial charge >= 0.3 is 0 Å². The number of aromatic nitrogens is 2. The van der Waals surface area contributed by atoms with Gasteiger partial charge in [-0.25, -0.2) is 18.1 Å². The summed E-state index contributed by atoms with van der Waals surface area (Å²) in [5, 5.41) is 9.21. The number of hydrogen-bond donors (Lipinski definition) is 2. The van der Waals surface area contributed by atoms with E-state index in [1.165, 1.54) is 11.5 Å². The summed E-state index contributed by atoms with van der Waals surface area (Å²) in [5.74, 6) is 0. The number of rotatable bonds is 6. The molecule has 2 rings (SSSR count). The van der Waals surface area contributed by atoms with Crippen molar-refractivity contribution in [3.05, 3.63) is 29.5 Å². The Labute approximate surface area is 121 Å². The van der Waals surface area contributed by atoms with Gasteiger partial charge in [-0.3, -0.25) is 4.40 Å². The normalized spacial score (nSPS) is 13.8. The summed E-state index contributed by atoms with van der Waals surface area (Å²) in [6.45, 7) is -0.143. The van der Waals surface area contributed by atoms with Gasteiger partial charge in [0, 0.05) is 19.9 Å². The van der Waals surface area contributed by atoms with E-state index in [1.54, 1.807) is 24.4 Å². The largest absolute Gasteiger partial charge is 0.389 e. The molecule has 0 aliphatic rings. The van der Waals surface area contributed by atoms with Crippen LogP contribution >= 0.6 is 11.6 Å². The monoisotopic (exact) mass is 319 g/mol. The first-order valence-corrected chi connectivity index (χ1v) is 7.61. The molecule has 2 heterocycles. The molecule has 9 heteroatoms. The standard InChI is InChI=1S/C11H14ClN3O4S/c1-19-7-8(16)6-13-20(17,18)11-10(12)14-9-4-2-3-5-15(9)11/h2-5,8,13,16H,6-7H2,1H3.